The van der Waals surface area contributed by atoms with Crippen molar-refractivity contribution in [3.8, 4) is 22.3 Å². The van der Waals surface area contributed by atoms with Gasteiger partial charge in [0.15, 0.2) is 5.78 Å². The van der Waals surface area contributed by atoms with Crippen molar-refractivity contribution in [2.24, 2.45) is 0 Å². The zero-order valence-corrected chi connectivity index (χ0v) is 18.1. The van der Waals surface area contributed by atoms with Crippen molar-refractivity contribution in [2.75, 3.05) is 20.6 Å². The molecule has 4 rings (SSSR count). The average Bonchev–Trinajstić information content (AvgIpc) is 3.22. The Labute approximate surface area is 186 Å². The first-order valence-electron chi connectivity index (χ1n) is 10.5. The normalized spacial score (nSPS) is 11.2. The Morgan fingerprint density at radius 2 is 1.75 bits per heavy atom. The summed E-state index contributed by atoms with van der Waals surface area (Å²) in [7, 11) is 4.01. The van der Waals surface area contributed by atoms with E-state index in [1.165, 1.54) is 0 Å². The van der Waals surface area contributed by atoms with E-state index < -0.39 is 5.97 Å². The minimum absolute atomic E-state index is 0.142. The molecule has 6 heteroatoms. The summed E-state index contributed by atoms with van der Waals surface area (Å²) in [6, 6.07) is 16.5. The standard InChI is InChI=1S/C26H25N3O3/c1-29(2)12-4-7-24(30)20-6-3-5-19(13-20)21-14-22-23(16-28-25(22)27-15-21)17-8-10-18(11-9-17)26(31)32/h3,5-6,8-11,13-16H,4,7,12H2,1-2H3,(H,27,28)(H,31,32). The van der Waals surface area contributed by atoms with Gasteiger partial charge in [0.1, 0.15) is 5.65 Å². The predicted molar refractivity (Wildman–Crippen MR) is 126 cm³/mol. The van der Waals surface area contributed by atoms with Crippen LogP contribution >= 0.6 is 0 Å². The molecule has 2 heterocycles. The number of hydrogen-bond donors (Lipinski definition) is 2. The number of rotatable bonds is 8. The Kier molecular flexibility index (Phi) is 6.14. The van der Waals surface area contributed by atoms with Gasteiger partial charge in [-0.2, -0.15) is 0 Å². The summed E-state index contributed by atoms with van der Waals surface area (Å²) in [5.74, 6) is -0.806. The van der Waals surface area contributed by atoms with Crippen LogP contribution in [0.4, 0.5) is 0 Å². The van der Waals surface area contributed by atoms with Gasteiger partial charge in [0.25, 0.3) is 0 Å². The largest absolute Gasteiger partial charge is 0.478 e. The fourth-order valence-corrected chi connectivity index (χ4v) is 3.76. The Hall–Kier alpha value is -3.77. The smallest absolute Gasteiger partial charge is 0.335 e. The fourth-order valence-electron chi connectivity index (χ4n) is 3.76. The number of nitrogens with zero attached hydrogens (tertiary/aromatic N) is 2. The zero-order chi connectivity index (χ0) is 22.7. The highest BCUT2D eigenvalue weighted by Gasteiger charge is 2.12. The number of aromatic amines is 1. The van der Waals surface area contributed by atoms with Crippen molar-refractivity contribution in [1.82, 2.24) is 14.9 Å². The Balaban J connectivity index is 1.64. The molecule has 0 radical (unpaired) electrons. The number of hydrogen-bond acceptors (Lipinski definition) is 4. The lowest BCUT2D eigenvalue weighted by Gasteiger charge is -2.09. The van der Waals surface area contributed by atoms with Gasteiger partial charge >= 0.3 is 5.97 Å². The van der Waals surface area contributed by atoms with Crippen LogP contribution in [0.2, 0.25) is 0 Å². The first-order valence-corrected chi connectivity index (χ1v) is 10.5. The van der Waals surface area contributed by atoms with Gasteiger partial charge in [-0.15, -0.1) is 0 Å². The van der Waals surface area contributed by atoms with Gasteiger partial charge in [-0.25, -0.2) is 9.78 Å². The SMILES string of the molecule is CN(C)CCCC(=O)c1cccc(-c2cnc3[nH]cc(-c4ccc(C(=O)O)cc4)c3c2)c1. The third kappa shape index (κ3) is 4.60. The fraction of sp³-hybridized carbons (Fsp3) is 0.192. The number of nitrogens with one attached hydrogen (secondary N) is 1. The number of carboxylic acid groups (broad SMARTS) is 1. The molecule has 0 amide bonds. The summed E-state index contributed by atoms with van der Waals surface area (Å²) >= 11 is 0. The van der Waals surface area contributed by atoms with Crippen LogP contribution in [-0.2, 0) is 0 Å². The number of Topliss-reactive ketones (excluding diaryl/α,β-unsaturated/α-hetero) is 1. The summed E-state index contributed by atoms with van der Waals surface area (Å²) in [5, 5.41) is 10.1. The minimum Gasteiger partial charge on any atom is -0.478 e. The van der Waals surface area contributed by atoms with E-state index >= 15 is 0 Å². The number of carbonyl (C=O) groups is 2. The number of ketones is 1. The second-order valence-electron chi connectivity index (χ2n) is 8.12. The van der Waals surface area contributed by atoms with Crippen molar-refractivity contribution >= 4 is 22.8 Å². The third-order valence-corrected chi connectivity index (χ3v) is 5.50. The van der Waals surface area contributed by atoms with Crippen LogP contribution in [0, 0.1) is 0 Å². The van der Waals surface area contributed by atoms with E-state index in [2.05, 4.69) is 20.9 Å². The second-order valence-corrected chi connectivity index (χ2v) is 8.12. The molecule has 2 aromatic heterocycles. The molecule has 0 saturated carbocycles. The zero-order valence-electron chi connectivity index (χ0n) is 18.1. The highest BCUT2D eigenvalue weighted by molar-refractivity contribution is 5.99. The van der Waals surface area contributed by atoms with Gasteiger partial charge in [-0.05, 0) is 62.5 Å². The first kappa shape index (κ1) is 21.5. The quantitative estimate of drug-likeness (QED) is 0.381. The van der Waals surface area contributed by atoms with Crippen LogP contribution in [0.15, 0.2) is 67.0 Å². The predicted octanol–water partition coefficient (Wildman–Crippen LogP) is 5.12. The summed E-state index contributed by atoms with van der Waals surface area (Å²) in [4.78, 5) is 33.6. The molecular weight excluding hydrogens is 402 g/mol. The van der Waals surface area contributed by atoms with Gasteiger partial charge in [0.05, 0.1) is 5.56 Å². The lowest BCUT2D eigenvalue weighted by Crippen LogP contribution is -2.14. The Morgan fingerprint density at radius 1 is 0.969 bits per heavy atom. The van der Waals surface area contributed by atoms with Crippen LogP contribution in [0.25, 0.3) is 33.3 Å². The maximum absolute atomic E-state index is 12.6. The molecule has 2 N–H and O–H groups in total. The number of aromatic nitrogens is 2. The summed E-state index contributed by atoms with van der Waals surface area (Å²) in [5.41, 5.74) is 5.42. The molecule has 0 aliphatic rings. The van der Waals surface area contributed by atoms with E-state index in [-0.39, 0.29) is 11.3 Å². The summed E-state index contributed by atoms with van der Waals surface area (Å²) < 4.78 is 0. The molecule has 0 unspecified atom stereocenters. The van der Waals surface area contributed by atoms with E-state index in [9.17, 15) is 9.59 Å². The molecule has 0 bridgehead atoms. The molecule has 2 aromatic carbocycles. The molecule has 162 valence electrons. The number of carbonyl (C=O) groups excluding carboxylic acids is 1. The molecule has 0 fully saturated rings. The maximum atomic E-state index is 12.6. The molecular formula is C26H25N3O3. The van der Waals surface area contributed by atoms with Crippen molar-refractivity contribution in [3.63, 3.8) is 0 Å². The number of H-pyrrole nitrogens is 1. The van der Waals surface area contributed by atoms with Gasteiger partial charge in [0.2, 0.25) is 0 Å². The monoisotopic (exact) mass is 427 g/mol. The Morgan fingerprint density at radius 3 is 2.47 bits per heavy atom. The number of benzene rings is 2. The van der Waals surface area contributed by atoms with Crippen molar-refractivity contribution in [1.29, 1.82) is 0 Å². The molecule has 0 atom stereocenters. The van der Waals surface area contributed by atoms with Crippen molar-refractivity contribution < 1.29 is 14.7 Å². The number of aromatic carboxylic acids is 1. The van der Waals surface area contributed by atoms with E-state index in [0.717, 1.165) is 46.3 Å². The van der Waals surface area contributed by atoms with Gasteiger partial charge in [0, 0.05) is 40.9 Å². The second kappa shape index (κ2) is 9.16. The van der Waals surface area contributed by atoms with Gasteiger partial charge < -0.3 is 15.0 Å². The lowest BCUT2D eigenvalue weighted by molar-refractivity contribution is 0.0696. The highest BCUT2D eigenvalue weighted by atomic mass is 16.4. The van der Waals surface area contributed by atoms with Crippen LogP contribution in [0.3, 0.4) is 0 Å². The van der Waals surface area contributed by atoms with Crippen LogP contribution < -0.4 is 0 Å². The van der Waals surface area contributed by atoms with Crippen LogP contribution in [-0.4, -0.2) is 52.4 Å². The van der Waals surface area contributed by atoms with Gasteiger partial charge in [-0.3, -0.25) is 4.79 Å². The molecule has 6 nitrogen and oxygen atoms in total. The van der Waals surface area contributed by atoms with Gasteiger partial charge in [-0.1, -0.05) is 30.3 Å². The van der Waals surface area contributed by atoms with Crippen LogP contribution in [0.5, 0.6) is 0 Å². The molecule has 0 spiro atoms. The minimum atomic E-state index is -0.949. The summed E-state index contributed by atoms with van der Waals surface area (Å²) in [6.45, 7) is 0.885. The van der Waals surface area contributed by atoms with Crippen molar-refractivity contribution in [3.05, 3.63) is 78.1 Å². The molecule has 32 heavy (non-hydrogen) atoms. The third-order valence-electron chi connectivity index (χ3n) is 5.50. The van der Waals surface area contributed by atoms with E-state index in [1.54, 1.807) is 30.5 Å². The number of fused-ring (bicyclic) bond motifs is 1. The van der Waals surface area contributed by atoms with Crippen LogP contribution in [0.1, 0.15) is 33.6 Å². The average molecular weight is 428 g/mol. The topological polar surface area (TPSA) is 86.3 Å². The number of carboxylic acids is 1. The van der Waals surface area contributed by atoms with Crippen molar-refractivity contribution in [2.45, 2.75) is 12.8 Å². The maximum Gasteiger partial charge on any atom is 0.335 e. The highest BCUT2D eigenvalue weighted by Crippen LogP contribution is 2.31. The molecule has 0 aliphatic heterocycles. The number of pyridine rings is 1. The lowest BCUT2D eigenvalue weighted by atomic mass is 9.98. The van der Waals surface area contributed by atoms with E-state index in [0.29, 0.717) is 12.0 Å². The molecule has 0 saturated heterocycles. The van der Waals surface area contributed by atoms with E-state index in [4.69, 9.17) is 5.11 Å². The van der Waals surface area contributed by atoms with E-state index in [1.807, 2.05) is 44.6 Å². The molecule has 4 aromatic rings. The summed E-state index contributed by atoms with van der Waals surface area (Å²) in [6.07, 6.45) is 5.03. The first-order chi connectivity index (χ1) is 15.4. The molecule has 0 aliphatic carbocycles. The Bertz CT molecular complexity index is 1270.